The Labute approximate surface area is 60.3 Å². The highest BCUT2D eigenvalue weighted by Gasteiger charge is 2.21. The van der Waals surface area contributed by atoms with E-state index in [4.69, 9.17) is 11.8 Å². The van der Waals surface area contributed by atoms with Gasteiger partial charge in [-0.1, -0.05) is 12.8 Å². The summed E-state index contributed by atoms with van der Waals surface area (Å²) in [6, 6.07) is 0.125. The lowest BCUT2D eigenvalue weighted by molar-refractivity contribution is 0.102. The van der Waals surface area contributed by atoms with Crippen molar-refractivity contribution in [2.24, 2.45) is 0 Å². The van der Waals surface area contributed by atoms with Crippen molar-refractivity contribution in [2.45, 2.75) is 37.8 Å². The Morgan fingerprint density at radius 2 is 2.00 bits per heavy atom. The van der Waals surface area contributed by atoms with E-state index in [1.54, 1.807) is 0 Å². The number of nitrogens with one attached hydrogen (secondary N) is 1. The molecule has 1 rings (SSSR count). The van der Waals surface area contributed by atoms with Crippen molar-refractivity contribution in [2.75, 3.05) is 0 Å². The maximum Gasteiger partial charge on any atom is 0.0705 e. The standard InChI is InChI=1S/C6H12ClNO/c7-8-5-3-1-2-4-6(5)9/h5-6,8-9H,1-4H2. The lowest BCUT2D eigenvalue weighted by Gasteiger charge is -2.25. The van der Waals surface area contributed by atoms with Crippen molar-refractivity contribution < 1.29 is 5.11 Å². The molecule has 0 heterocycles. The zero-order valence-corrected chi connectivity index (χ0v) is 6.06. The van der Waals surface area contributed by atoms with Crippen LogP contribution in [-0.2, 0) is 0 Å². The van der Waals surface area contributed by atoms with Crippen LogP contribution in [0.15, 0.2) is 0 Å². The Morgan fingerprint density at radius 3 is 2.44 bits per heavy atom. The Kier molecular flexibility index (Phi) is 2.76. The molecular formula is C6H12ClNO. The first-order valence-electron chi connectivity index (χ1n) is 3.39. The number of rotatable bonds is 1. The second kappa shape index (κ2) is 3.40. The normalized spacial score (nSPS) is 36.7. The summed E-state index contributed by atoms with van der Waals surface area (Å²) in [6.07, 6.45) is 3.99. The third-order valence-electron chi connectivity index (χ3n) is 1.87. The van der Waals surface area contributed by atoms with E-state index in [1.807, 2.05) is 0 Å². The minimum absolute atomic E-state index is 0.125. The lowest BCUT2D eigenvalue weighted by Crippen LogP contribution is -2.37. The molecule has 0 aliphatic heterocycles. The first-order valence-corrected chi connectivity index (χ1v) is 3.76. The molecule has 3 heteroatoms. The van der Waals surface area contributed by atoms with E-state index < -0.39 is 0 Å². The second-order valence-corrected chi connectivity index (χ2v) is 2.79. The fourth-order valence-electron chi connectivity index (χ4n) is 1.24. The SMILES string of the molecule is OC1CCCCC1NCl. The van der Waals surface area contributed by atoms with E-state index in [0.29, 0.717) is 0 Å². The van der Waals surface area contributed by atoms with Gasteiger partial charge < -0.3 is 5.11 Å². The minimum atomic E-state index is -0.226. The zero-order chi connectivity index (χ0) is 6.69. The average Bonchev–Trinajstić information content (AvgIpc) is 1.89. The summed E-state index contributed by atoms with van der Waals surface area (Å²) in [5.41, 5.74) is 0. The van der Waals surface area contributed by atoms with Crippen molar-refractivity contribution in [1.29, 1.82) is 0 Å². The van der Waals surface area contributed by atoms with Gasteiger partial charge in [0.2, 0.25) is 0 Å². The number of halogens is 1. The molecule has 0 radical (unpaired) electrons. The van der Waals surface area contributed by atoms with Gasteiger partial charge in [-0.15, -0.1) is 0 Å². The molecule has 2 unspecified atom stereocenters. The van der Waals surface area contributed by atoms with Crippen LogP contribution in [0, 0.1) is 0 Å². The van der Waals surface area contributed by atoms with Crippen LogP contribution < -0.4 is 4.84 Å². The van der Waals surface area contributed by atoms with Gasteiger partial charge in [-0.05, 0) is 24.6 Å². The van der Waals surface area contributed by atoms with Crippen LogP contribution in [-0.4, -0.2) is 17.3 Å². The lowest BCUT2D eigenvalue weighted by atomic mass is 9.93. The predicted molar refractivity (Wildman–Crippen MR) is 37.3 cm³/mol. The number of aliphatic hydroxyl groups is 1. The van der Waals surface area contributed by atoms with Crippen LogP contribution in [0.5, 0.6) is 0 Å². The van der Waals surface area contributed by atoms with Gasteiger partial charge in [-0.2, -0.15) is 0 Å². The molecule has 0 aromatic carbocycles. The van der Waals surface area contributed by atoms with Crippen LogP contribution in [0.1, 0.15) is 25.7 Å². The van der Waals surface area contributed by atoms with Crippen molar-refractivity contribution in [3.05, 3.63) is 0 Å². The number of hydrogen-bond donors (Lipinski definition) is 2. The zero-order valence-electron chi connectivity index (χ0n) is 5.31. The predicted octanol–water partition coefficient (Wildman–Crippen LogP) is 1.03. The maximum absolute atomic E-state index is 9.22. The van der Waals surface area contributed by atoms with Gasteiger partial charge in [0.15, 0.2) is 0 Å². The molecule has 0 saturated heterocycles. The molecule has 2 atom stereocenters. The molecule has 0 aromatic rings. The highest BCUT2D eigenvalue weighted by atomic mass is 35.5. The van der Waals surface area contributed by atoms with Crippen molar-refractivity contribution in [1.82, 2.24) is 4.84 Å². The molecule has 1 aliphatic rings. The minimum Gasteiger partial charge on any atom is -0.391 e. The quantitative estimate of drug-likeness (QED) is 0.546. The summed E-state index contributed by atoms with van der Waals surface area (Å²) in [5.74, 6) is 0. The van der Waals surface area contributed by atoms with E-state index in [1.165, 1.54) is 6.42 Å². The molecule has 2 N–H and O–H groups in total. The maximum atomic E-state index is 9.22. The number of hydrogen-bond acceptors (Lipinski definition) is 2. The van der Waals surface area contributed by atoms with Crippen molar-refractivity contribution in [3.63, 3.8) is 0 Å². The summed E-state index contributed by atoms with van der Waals surface area (Å²) in [4.78, 5) is 2.58. The van der Waals surface area contributed by atoms with E-state index in [0.717, 1.165) is 19.3 Å². The van der Waals surface area contributed by atoms with Crippen LogP contribution in [0.4, 0.5) is 0 Å². The van der Waals surface area contributed by atoms with Gasteiger partial charge in [0.1, 0.15) is 0 Å². The molecular weight excluding hydrogens is 138 g/mol. The molecule has 2 nitrogen and oxygen atoms in total. The molecule has 1 fully saturated rings. The fraction of sp³-hybridized carbons (Fsp3) is 1.00. The van der Waals surface area contributed by atoms with E-state index in [-0.39, 0.29) is 12.1 Å². The van der Waals surface area contributed by atoms with Gasteiger partial charge in [-0.25, -0.2) is 4.84 Å². The number of aliphatic hydroxyl groups excluding tert-OH is 1. The summed E-state index contributed by atoms with van der Waals surface area (Å²) in [7, 11) is 0. The van der Waals surface area contributed by atoms with Gasteiger partial charge >= 0.3 is 0 Å². The molecule has 9 heavy (non-hydrogen) atoms. The van der Waals surface area contributed by atoms with E-state index >= 15 is 0 Å². The largest absolute Gasteiger partial charge is 0.391 e. The smallest absolute Gasteiger partial charge is 0.0705 e. The van der Waals surface area contributed by atoms with Crippen LogP contribution in [0.25, 0.3) is 0 Å². The summed E-state index contributed by atoms with van der Waals surface area (Å²) in [5, 5.41) is 9.22. The first kappa shape index (κ1) is 7.32. The highest BCUT2D eigenvalue weighted by molar-refractivity contribution is 6.13. The van der Waals surface area contributed by atoms with Gasteiger partial charge in [0, 0.05) is 6.04 Å². The monoisotopic (exact) mass is 149 g/mol. The van der Waals surface area contributed by atoms with Crippen molar-refractivity contribution in [3.8, 4) is 0 Å². The Balaban J connectivity index is 2.30. The van der Waals surface area contributed by atoms with Gasteiger partial charge in [-0.3, -0.25) is 0 Å². The molecule has 0 spiro atoms. The van der Waals surface area contributed by atoms with Gasteiger partial charge in [0.25, 0.3) is 0 Å². The summed E-state index contributed by atoms with van der Waals surface area (Å²) in [6.45, 7) is 0. The fourth-order valence-corrected chi connectivity index (χ4v) is 1.49. The van der Waals surface area contributed by atoms with E-state index in [2.05, 4.69) is 4.84 Å². The second-order valence-electron chi connectivity index (χ2n) is 2.57. The summed E-state index contributed by atoms with van der Waals surface area (Å²) < 4.78 is 0. The average molecular weight is 150 g/mol. The molecule has 0 amide bonds. The Hall–Kier alpha value is 0.210. The Morgan fingerprint density at radius 1 is 1.33 bits per heavy atom. The highest BCUT2D eigenvalue weighted by Crippen LogP contribution is 2.18. The summed E-state index contributed by atoms with van der Waals surface area (Å²) >= 11 is 5.37. The molecule has 54 valence electrons. The van der Waals surface area contributed by atoms with Crippen LogP contribution in [0.2, 0.25) is 0 Å². The van der Waals surface area contributed by atoms with Crippen molar-refractivity contribution >= 4 is 11.8 Å². The molecule has 0 bridgehead atoms. The molecule has 1 saturated carbocycles. The molecule has 0 aromatic heterocycles. The first-order chi connectivity index (χ1) is 4.34. The Bertz CT molecular complexity index is 89.1. The van der Waals surface area contributed by atoms with Crippen LogP contribution in [0.3, 0.4) is 0 Å². The van der Waals surface area contributed by atoms with E-state index in [9.17, 15) is 5.11 Å². The molecule has 1 aliphatic carbocycles. The van der Waals surface area contributed by atoms with Gasteiger partial charge in [0.05, 0.1) is 6.10 Å². The van der Waals surface area contributed by atoms with Crippen LogP contribution >= 0.6 is 11.8 Å². The third kappa shape index (κ3) is 1.81. The topological polar surface area (TPSA) is 32.3 Å². The third-order valence-corrected chi connectivity index (χ3v) is 2.15.